The molecule has 0 fully saturated rings. The highest BCUT2D eigenvalue weighted by Gasteiger charge is 2.06. The lowest BCUT2D eigenvalue weighted by Crippen LogP contribution is -2.00. The summed E-state index contributed by atoms with van der Waals surface area (Å²) in [7, 11) is -1.26. The van der Waals surface area contributed by atoms with Crippen LogP contribution in [0.4, 0.5) is 11.6 Å². The van der Waals surface area contributed by atoms with E-state index in [1.807, 2.05) is 17.8 Å². The molecule has 0 aliphatic heterocycles. The van der Waals surface area contributed by atoms with Gasteiger partial charge in [-0.15, -0.1) is 0 Å². The van der Waals surface area contributed by atoms with Gasteiger partial charge in [-0.05, 0) is 24.3 Å². The number of aromatic nitrogens is 2. The van der Waals surface area contributed by atoms with Crippen LogP contribution in [0.5, 0.6) is 0 Å². The zero-order chi connectivity index (χ0) is 12.5. The van der Waals surface area contributed by atoms with Crippen molar-refractivity contribution in [1.82, 2.24) is 9.55 Å². The number of aryl methyl sites for hydroxylation is 1. The van der Waals surface area contributed by atoms with Crippen molar-refractivity contribution in [3.8, 4) is 0 Å². The fourth-order valence-electron chi connectivity index (χ4n) is 1.40. The summed E-state index contributed by atoms with van der Waals surface area (Å²) in [6.45, 7) is 0. The molecule has 6 heteroatoms. The molecule has 1 aromatic heterocycles. The molecule has 1 heterocycles. The summed E-state index contributed by atoms with van der Waals surface area (Å²) in [5, 5.41) is 3.09. The lowest BCUT2D eigenvalue weighted by molar-refractivity contribution is 0.602. The average molecular weight is 251 g/mol. The normalized spacial score (nSPS) is 11.4. The molecule has 0 atom stereocenters. The molecular formula is C11H13N3O2S. The van der Waals surface area contributed by atoms with Crippen molar-refractivity contribution in [1.29, 1.82) is 0 Å². The zero-order valence-corrected chi connectivity index (χ0v) is 10.4. The Morgan fingerprint density at radius 3 is 2.35 bits per heavy atom. The third-order valence-electron chi connectivity index (χ3n) is 2.36. The van der Waals surface area contributed by atoms with Crippen molar-refractivity contribution in [2.75, 3.05) is 11.6 Å². The van der Waals surface area contributed by atoms with Crippen LogP contribution >= 0.6 is 0 Å². The van der Waals surface area contributed by atoms with E-state index in [1.165, 1.54) is 6.26 Å². The summed E-state index contributed by atoms with van der Waals surface area (Å²) in [5.41, 5.74) is 0.798. The van der Waals surface area contributed by atoms with Crippen LogP contribution in [0.15, 0.2) is 41.6 Å². The summed E-state index contributed by atoms with van der Waals surface area (Å²) < 4.78 is 24.4. The third-order valence-corrected chi connectivity index (χ3v) is 3.49. The molecule has 0 unspecified atom stereocenters. The Morgan fingerprint density at radius 2 is 1.88 bits per heavy atom. The minimum atomic E-state index is -3.14. The van der Waals surface area contributed by atoms with Crippen LogP contribution in [0, 0.1) is 0 Å². The van der Waals surface area contributed by atoms with Gasteiger partial charge in [-0.25, -0.2) is 13.4 Å². The summed E-state index contributed by atoms with van der Waals surface area (Å²) in [5.74, 6) is 0.706. The Balaban J connectivity index is 2.23. The second kappa shape index (κ2) is 4.21. The van der Waals surface area contributed by atoms with Crippen LogP contribution < -0.4 is 5.32 Å². The predicted octanol–water partition coefficient (Wildman–Crippen LogP) is 1.57. The third kappa shape index (κ3) is 2.65. The molecule has 0 bridgehead atoms. The maximum Gasteiger partial charge on any atom is 0.207 e. The van der Waals surface area contributed by atoms with E-state index in [4.69, 9.17) is 0 Å². The molecule has 0 amide bonds. The van der Waals surface area contributed by atoms with E-state index < -0.39 is 9.84 Å². The molecule has 0 aliphatic rings. The Kier molecular flexibility index (Phi) is 2.89. The number of imidazole rings is 1. The van der Waals surface area contributed by atoms with Gasteiger partial charge in [0.25, 0.3) is 0 Å². The van der Waals surface area contributed by atoms with Gasteiger partial charge < -0.3 is 9.88 Å². The van der Waals surface area contributed by atoms with E-state index in [2.05, 4.69) is 10.3 Å². The first-order valence-electron chi connectivity index (χ1n) is 5.01. The number of hydrogen-bond donors (Lipinski definition) is 1. The summed E-state index contributed by atoms with van der Waals surface area (Å²) in [6, 6.07) is 6.57. The Hall–Kier alpha value is -1.82. The number of rotatable bonds is 3. The van der Waals surface area contributed by atoms with Gasteiger partial charge in [0.2, 0.25) is 5.95 Å². The monoisotopic (exact) mass is 251 g/mol. The fraction of sp³-hybridized carbons (Fsp3) is 0.182. The van der Waals surface area contributed by atoms with Gasteiger partial charge in [0.05, 0.1) is 4.90 Å². The van der Waals surface area contributed by atoms with E-state index in [0.717, 1.165) is 5.69 Å². The first-order valence-corrected chi connectivity index (χ1v) is 6.90. The van der Waals surface area contributed by atoms with Crippen molar-refractivity contribution in [2.45, 2.75) is 4.90 Å². The molecule has 17 heavy (non-hydrogen) atoms. The second-order valence-electron chi connectivity index (χ2n) is 3.78. The van der Waals surface area contributed by atoms with Gasteiger partial charge in [0.1, 0.15) is 0 Å². The van der Waals surface area contributed by atoms with Crippen molar-refractivity contribution in [2.24, 2.45) is 7.05 Å². The Bertz CT molecular complexity index is 614. The number of anilines is 2. The number of nitrogens with zero attached hydrogens (tertiary/aromatic N) is 2. The molecule has 0 saturated carbocycles. The molecule has 0 spiro atoms. The predicted molar refractivity (Wildman–Crippen MR) is 66.0 cm³/mol. The molecule has 0 aliphatic carbocycles. The van der Waals surface area contributed by atoms with Gasteiger partial charge in [-0.3, -0.25) is 0 Å². The minimum absolute atomic E-state index is 0.308. The van der Waals surface area contributed by atoms with Gasteiger partial charge in [-0.2, -0.15) is 0 Å². The molecule has 2 rings (SSSR count). The molecule has 0 radical (unpaired) electrons. The SMILES string of the molecule is Cn1ccnc1Nc1ccc(S(C)(=O)=O)cc1. The van der Waals surface area contributed by atoms with E-state index in [9.17, 15) is 8.42 Å². The first kappa shape index (κ1) is 11.7. The lowest BCUT2D eigenvalue weighted by Gasteiger charge is -2.06. The first-order chi connectivity index (χ1) is 7.97. The van der Waals surface area contributed by atoms with Gasteiger partial charge in [-0.1, -0.05) is 0 Å². The summed E-state index contributed by atoms with van der Waals surface area (Å²) >= 11 is 0. The maximum absolute atomic E-state index is 11.3. The van der Waals surface area contributed by atoms with Crippen molar-refractivity contribution in [3.63, 3.8) is 0 Å². The van der Waals surface area contributed by atoms with E-state index >= 15 is 0 Å². The van der Waals surface area contributed by atoms with Crippen LogP contribution in [0.1, 0.15) is 0 Å². The quantitative estimate of drug-likeness (QED) is 0.899. The highest BCUT2D eigenvalue weighted by atomic mass is 32.2. The molecule has 5 nitrogen and oxygen atoms in total. The summed E-state index contributed by atoms with van der Waals surface area (Å²) in [4.78, 5) is 4.42. The second-order valence-corrected chi connectivity index (χ2v) is 5.80. The van der Waals surface area contributed by atoms with Gasteiger partial charge in [0.15, 0.2) is 9.84 Å². The molecule has 0 saturated heterocycles. The highest BCUT2D eigenvalue weighted by molar-refractivity contribution is 7.90. The topological polar surface area (TPSA) is 64.0 Å². The number of sulfone groups is 1. The van der Waals surface area contributed by atoms with Crippen molar-refractivity contribution < 1.29 is 8.42 Å². The molecule has 1 aromatic carbocycles. The Labute approximate surface area is 100 Å². The van der Waals surface area contributed by atoms with Gasteiger partial charge >= 0.3 is 0 Å². The van der Waals surface area contributed by atoms with Crippen LogP contribution in [-0.2, 0) is 16.9 Å². The van der Waals surface area contributed by atoms with Crippen LogP contribution in [0.2, 0.25) is 0 Å². The van der Waals surface area contributed by atoms with Gasteiger partial charge in [0, 0.05) is 31.4 Å². The lowest BCUT2D eigenvalue weighted by atomic mass is 10.3. The highest BCUT2D eigenvalue weighted by Crippen LogP contribution is 2.17. The average Bonchev–Trinajstić information content (AvgIpc) is 2.64. The summed E-state index contributed by atoms with van der Waals surface area (Å²) in [6.07, 6.45) is 4.70. The van der Waals surface area contributed by atoms with E-state index in [1.54, 1.807) is 30.5 Å². The molecular weight excluding hydrogens is 238 g/mol. The Morgan fingerprint density at radius 1 is 1.24 bits per heavy atom. The van der Waals surface area contributed by atoms with E-state index in [-0.39, 0.29) is 0 Å². The largest absolute Gasteiger partial charge is 0.326 e. The minimum Gasteiger partial charge on any atom is -0.326 e. The van der Waals surface area contributed by atoms with Crippen LogP contribution in [-0.4, -0.2) is 24.2 Å². The molecule has 2 aromatic rings. The fourth-order valence-corrected chi connectivity index (χ4v) is 2.03. The zero-order valence-electron chi connectivity index (χ0n) is 9.58. The van der Waals surface area contributed by atoms with Crippen molar-refractivity contribution in [3.05, 3.63) is 36.7 Å². The van der Waals surface area contributed by atoms with Crippen molar-refractivity contribution >= 4 is 21.5 Å². The molecule has 1 N–H and O–H groups in total. The van der Waals surface area contributed by atoms with Crippen LogP contribution in [0.3, 0.4) is 0 Å². The maximum atomic E-state index is 11.3. The molecule has 90 valence electrons. The van der Waals surface area contributed by atoms with Crippen LogP contribution in [0.25, 0.3) is 0 Å². The van der Waals surface area contributed by atoms with E-state index in [0.29, 0.717) is 10.8 Å². The smallest absolute Gasteiger partial charge is 0.207 e. The number of benzene rings is 1. The number of hydrogen-bond acceptors (Lipinski definition) is 4. The standard InChI is InChI=1S/C11H13N3O2S/c1-14-8-7-12-11(14)13-9-3-5-10(6-4-9)17(2,15)16/h3-8H,1-2H3,(H,12,13). The number of nitrogens with one attached hydrogen (secondary N) is 1.